The van der Waals surface area contributed by atoms with E-state index in [0.29, 0.717) is 24.5 Å². The molecule has 1 atom stereocenters. The van der Waals surface area contributed by atoms with Crippen LogP contribution in [0.1, 0.15) is 18.1 Å². The van der Waals surface area contributed by atoms with Gasteiger partial charge in [0, 0.05) is 44.2 Å². The summed E-state index contributed by atoms with van der Waals surface area (Å²) in [7, 11) is 3.45. The maximum absolute atomic E-state index is 11.9. The molecule has 1 aromatic carbocycles. The maximum atomic E-state index is 11.9. The highest BCUT2D eigenvalue weighted by Gasteiger charge is 2.21. The normalized spacial score (nSPS) is 13.7. The van der Waals surface area contributed by atoms with Gasteiger partial charge in [-0.3, -0.25) is 9.48 Å². The summed E-state index contributed by atoms with van der Waals surface area (Å²) in [4.78, 5) is 17.9. The van der Waals surface area contributed by atoms with Crippen LogP contribution in [-0.4, -0.2) is 65.4 Å². The van der Waals surface area contributed by atoms with E-state index in [1.165, 1.54) is 5.56 Å². The monoisotopic (exact) mass is 487 g/mol. The van der Waals surface area contributed by atoms with Gasteiger partial charge in [-0.2, -0.15) is 10.4 Å². The molecule has 188 valence electrons. The Bertz CT molecular complexity index is 1200. The molecule has 0 saturated heterocycles. The van der Waals surface area contributed by atoms with Crippen LogP contribution in [-0.2, 0) is 17.8 Å². The second-order valence-corrected chi connectivity index (χ2v) is 8.58. The van der Waals surface area contributed by atoms with E-state index in [4.69, 9.17) is 10.00 Å². The van der Waals surface area contributed by atoms with Crippen LogP contribution in [0, 0.1) is 11.3 Å². The van der Waals surface area contributed by atoms with Crippen LogP contribution in [0.5, 0.6) is 5.88 Å². The van der Waals surface area contributed by atoms with Crippen LogP contribution < -0.4 is 15.4 Å². The Kier molecular flexibility index (Phi) is 9.60. The number of amides is 1. The third-order valence-electron chi connectivity index (χ3n) is 5.46. The van der Waals surface area contributed by atoms with Crippen LogP contribution >= 0.6 is 0 Å². The van der Waals surface area contributed by atoms with E-state index in [0.717, 1.165) is 29.8 Å². The molecule has 2 aromatic heterocycles. The number of carbonyl (C=O) groups is 1. The van der Waals surface area contributed by atoms with Crippen molar-refractivity contribution in [2.45, 2.75) is 26.0 Å². The van der Waals surface area contributed by atoms with Crippen LogP contribution in [0.25, 0.3) is 11.1 Å². The number of hydrogen-bond acceptors (Lipinski definition) is 7. The number of anilines is 1. The largest absolute Gasteiger partial charge is 0.470 e. The fraction of sp³-hybridized carbons (Fsp3) is 0.333. The van der Waals surface area contributed by atoms with Gasteiger partial charge in [0.1, 0.15) is 12.6 Å². The Balaban J connectivity index is 0.00000115. The summed E-state index contributed by atoms with van der Waals surface area (Å²) in [5.41, 5.74) is 4.52. The number of pyridine rings is 1. The topological polar surface area (TPSA) is 108 Å². The first-order chi connectivity index (χ1) is 17.4. The maximum Gasteiger partial charge on any atom is 0.243 e. The summed E-state index contributed by atoms with van der Waals surface area (Å²) in [6.45, 7) is 7.66. The number of likely N-dealkylation sites (N-methyl/N-ethyl adjacent to an activating group) is 1. The fourth-order valence-electron chi connectivity index (χ4n) is 3.49. The lowest BCUT2D eigenvalue weighted by molar-refractivity contribution is -0.129. The third-order valence-corrected chi connectivity index (χ3v) is 5.46. The summed E-state index contributed by atoms with van der Waals surface area (Å²) in [6.07, 6.45) is 7.96. The quantitative estimate of drug-likeness (QED) is 0.371. The van der Waals surface area contributed by atoms with Crippen molar-refractivity contribution < 1.29 is 9.53 Å². The van der Waals surface area contributed by atoms with Crippen LogP contribution in [0.15, 0.2) is 61.6 Å². The van der Waals surface area contributed by atoms with Crippen molar-refractivity contribution in [1.29, 1.82) is 5.26 Å². The molecule has 36 heavy (non-hydrogen) atoms. The lowest BCUT2D eigenvalue weighted by atomic mass is 10.1. The zero-order valence-electron chi connectivity index (χ0n) is 21.1. The molecule has 0 aliphatic carbocycles. The second-order valence-electron chi connectivity index (χ2n) is 8.58. The standard InChI is InChI=1S/C24H27N7O2.C3H6/c1-30(2)23(32)16-31-15-20(12-29-31)19-9-22-24(28-11-19)33-21(14-27-22)13-26-8-7-17-3-5-18(10-25)6-4-17;1-3-2/h3-6,9,11-12,15,21,26-27H,7-8,13-14,16H2,1-2H3;3H,1H2,2H3. The van der Waals surface area contributed by atoms with Gasteiger partial charge in [-0.1, -0.05) is 18.2 Å². The molecule has 0 fully saturated rings. The summed E-state index contributed by atoms with van der Waals surface area (Å²) in [5.74, 6) is 0.568. The first kappa shape index (κ1) is 26.4. The van der Waals surface area contributed by atoms with E-state index in [1.807, 2.05) is 43.5 Å². The van der Waals surface area contributed by atoms with Crippen LogP contribution in [0.2, 0.25) is 0 Å². The molecule has 3 heterocycles. The summed E-state index contributed by atoms with van der Waals surface area (Å²) >= 11 is 0. The number of nitrogens with one attached hydrogen (secondary N) is 2. The van der Waals surface area contributed by atoms with Crippen LogP contribution in [0.4, 0.5) is 5.69 Å². The van der Waals surface area contributed by atoms with Crippen molar-refractivity contribution in [2.24, 2.45) is 0 Å². The number of aromatic nitrogens is 3. The highest BCUT2D eigenvalue weighted by molar-refractivity contribution is 5.75. The van der Waals surface area contributed by atoms with E-state index < -0.39 is 0 Å². The second kappa shape index (κ2) is 13.1. The number of carbonyl (C=O) groups excluding carboxylic acids is 1. The van der Waals surface area contributed by atoms with Gasteiger partial charge < -0.3 is 20.3 Å². The van der Waals surface area contributed by atoms with E-state index in [2.05, 4.69) is 33.4 Å². The van der Waals surface area contributed by atoms with E-state index in [-0.39, 0.29) is 18.6 Å². The summed E-state index contributed by atoms with van der Waals surface area (Å²) in [5, 5.41) is 20.0. The molecule has 0 spiro atoms. The highest BCUT2D eigenvalue weighted by Crippen LogP contribution is 2.31. The number of benzene rings is 1. The lowest BCUT2D eigenvalue weighted by Gasteiger charge is -2.27. The molecule has 2 N–H and O–H groups in total. The lowest BCUT2D eigenvalue weighted by Crippen LogP contribution is -2.40. The van der Waals surface area contributed by atoms with Gasteiger partial charge in [0.2, 0.25) is 11.8 Å². The molecule has 1 unspecified atom stereocenters. The predicted molar refractivity (Wildman–Crippen MR) is 141 cm³/mol. The number of nitrogens with zero attached hydrogens (tertiary/aromatic N) is 5. The molecule has 1 aliphatic heterocycles. The Hall–Kier alpha value is -4.16. The molecule has 0 radical (unpaired) electrons. The van der Waals surface area contributed by atoms with Crippen molar-refractivity contribution in [2.75, 3.05) is 39.0 Å². The molecular formula is C27H33N7O2. The van der Waals surface area contributed by atoms with Gasteiger partial charge in [-0.25, -0.2) is 4.98 Å². The number of allylic oxidation sites excluding steroid dienone is 1. The van der Waals surface area contributed by atoms with Crippen molar-refractivity contribution >= 4 is 11.6 Å². The molecule has 4 rings (SSSR count). The average molecular weight is 488 g/mol. The average Bonchev–Trinajstić information content (AvgIpc) is 3.35. The number of nitriles is 1. The molecule has 1 amide bonds. The number of ether oxygens (including phenoxy) is 1. The van der Waals surface area contributed by atoms with Gasteiger partial charge in [0.25, 0.3) is 0 Å². The van der Waals surface area contributed by atoms with Gasteiger partial charge >= 0.3 is 0 Å². The molecule has 9 nitrogen and oxygen atoms in total. The zero-order chi connectivity index (χ0) is 25.9. The van der Waals surface area contributed by atoms with E-state index in [1.54, 1.807) is 42.1 Å². The number of hydrogen-bond donors (Lipinski definition) is 2. The molecule has 0 saturated carbocycles. The first-order valence-corrected chi connectivity index (χ1v) is 11.8. The minimum Gasteiger partial charge on any atom is -0.470 e. The van der Waals surface area contributed by atoms with Gasteiger partial charge in [0.15, 0.2) is 0 Å². The number of rotatable bonds is 8. The van der Waals surface area contributed by atoms with Gasteiger partial charge in [0.05, 0.1) is 30.1 Å². The summed E-state index contributed by atoms with van der Waals surface area (Å²) < 4.78 is 7.67. The fourth-order valence-corrected chi connectivity index (χ4v) is 3.49. The van der Waals surface area contributed by atoms with E-state index in [9.17, 15) is 4.79 Å². The molecular weight excluding hydrogens is 454 g/mol. The molecule has 0 bridgehead atoms. The Morgan fingerprint density at radius 2 is 2.08 bits per heavy atom. The van der Waals surface area contributed by atoms with Crippen molar-refractivity contribution in [3.05, 3.63) is 72.7 Å². The summed E-state index contributed by atoms with van der Waals surface area (Å²) in [6, 6.07) is 11.8. The van der Waals surface area contributed by atoms with Crippen molar-refractivity contribution in [3.63, 3.8) is 0 Å². The predicted octanol–water partition coefficient (Wildman–Crippen LogP) is 3.10. The highest BCUT2D eigenvalue weighted by atomic mass is 16.5. The van der Waals surface area contributed by atoms with Crippen LogP contribution in [0.3, 0.4) is 0 Å². The third kappa shape index (κ3) is 7.42. The first-order valence-electron chi connectivity index (χ1n) is 11.8. The Labute approximate surface area is 212 Å². The smallest absolute Gasteiger partial charge is 0.243 e. The minimum atomic E-state index is -0.0170. The Morgan fingerprint density at radius 3 is 2.78 bits per heavy atom. The van der Waals surface area contributed by atoms with Crippen molar-refractivity contribution in [3.8, 4) is 23.1 Å². The Morgan fingerprint density at radius 1 is 1.33 bits per heavy atom. The van der Waals surface area contributed by atoms with Crippen molar-refractivity contribution in [1.82, 2.24) is 25.0 Å². The van der Waals surface area contributed by atoms with E-state index >= 15 is 0 Å². The van der Waals surface area contributed by atoms with Gasteiger partial charge in [-0.05, 0) is 43.7 Å². The molecule has 9 heteroatoms. The zero-order valence-corrected chi connectivity index (χ0v) is 21.1. The molecule has 3 aromatic rings. The molecule has 1 aliphatic rings. The number of fused-ring (bicyclic) bond motifs is 1. The SMILES string of the molecule is C=CC.CN(C)C(=O)Cn1cc(-c2cnc3c(c2)NCC(CNCCc2ccc(C#N)cc2)O3)cn1. The van der Waals surface area contributed by atoms with Gasteiger partial charge in [-0.15, -0.1) is 6.58 Å². The minimum absolute atomic E-state index is 0.0140.